The van der Waals surface area contributed by atoms with Crippen LogP contribution < -0.4 is 5.32 Å². The Morgan fingerprint density at radius 3 is 2.38 bits per heavy atom. The lowest BCUT2D eigenvalue weighted by Gasteiger charge is -2.39. The zero-order chi connectivity index (χ0) is 12.0. The van der Waals surface area contributed by atoms with Crippen molar-refractivity contribution >= 4 is 0 Å². The first-order valence-electron chi connectivity index (χ1n) is 7.09. The van der Waals surface area contributed by atoms with E-state index < -0.39 is 0 Å². The molecule has 0 amide bonds. The molecule has 16 heavy (non-hydrogen) atoms. The van der Waals surface area contributed by atoms with Gasteiger partial charge in [-0.05, 0) is 50.7 Å². The maximum atomic E-state index is 3.58. The van der Waals surface area contributed by atoms with Gasteiger partial charge < -0.3 is 5.32 Å². The summed E-state index contributed by atoms with van der Waals surface area (Å²) in [4.78, 5) is 2.70. The van der Waals surface area contributed by atoms with Crippen LogP contribution in [-0.2, 0) is 0 Å². The van der Waals surface area contributed by atoms with Crippen LogP contribution in [0.1, 0.15) is 47.0 Å². The fourth-order valence-electron chi connectivity index (χ4n) is 2.57. The van der Waals surface area contributed by atoms with Gasteiger partial charge >= 0.3 is 0 Å². The first kappa shape index (κ1) is 14.0. The molecule has 0 spiro atoms. The average Bonchev–Trinajstić information content (AvgIpc) is 2.26. The van der Waals surface area contributed by atoms with Crippen molar-refractivity contribution in [3.63, 3.8) is 0 Å². The molecule has 2 heteroatoms. The molecule has 1 N–H and O–H groups in total. The minimum Gasteiger partial charge on any atom is -0.315 e. The summed E-state index contributed by atoms with van der Waals surface area (Å²) in [7, 11) is 0. The minimum absolute atomic E-state index is 0.735. The number of nitrogens with zero attached hydrogens (tertiary/aromatic N) is 1. The summed E-state index contributed by atoms with van der Waals surface area (Å²) in [6.07, 6.45) is 4.01. The van der Waals surface area contributed by atoms with E-state index in [4.69, 9.17) is 0 Å². The van der Waals surface area contributed by atoms with Gasteiger partial charge in [0.2, 0.25) is 0 Å². The van der Waals surface area contributed by atoms with Crippen LogP contribution in [0.5, 0.6) is 0 Å². The smallest absolute Gasteiger partial charge is 0.0243 e. The molecule has 0 saturated carbocycles. The Hall–Kier alpha value is -0.0800. The average molecular weight is 226 g/mol. The molecule has 0 aliphatic carbocycles. The lowest BCUT2D eigenvalue weighted by molar-refractivity contribution is 0.107. The molecule has 0 bridgehead atoms. The second-order valence-electron chi connectivity index (χ2n) is 5.73. The molecule has 1 fully saturated rings. The van der Waals surface area contributed by atoms with Crippen LogP contribution in [0, 0.1) is 11.8 Å². The second-order valence-corrected chi connectivity index (χ2v) is 5.73. The van der Waals surface area contributed by atoms with E-state index >= 15 is 0 Å². The molecule has 1 aliphatic heterocycles. The lowest BCUT2D eigenvalue weighted by Crippen LogP contribution is -2.48. The summed E-state index contributed by atoms with van der Waals surface area (Å²) >= 11 is 0. The van der Waals surface area contributed by atoms with Gasteiger partial charge in [0, 0.05) is 12.6 Å². The van der Waals surface area contributed by atoms with Crippen LogP contribution in [0.2, 0.25) is 0 Å². The van der Waals surface area contributed by atoms with Crippen LogP contribution in [0.25, 0.3) is 0 Å². The summed E-state index contributed by atoms with van der Waals surface area (Å²) in [5, 5.41) is 3.58. The molecule has 1 rings (SSSR count). The van der Waals surface area contributed by atoms with Crippen molar-refractivity contribution in [3.8, 4) is 0 Å². The SMILES string of the molecule is CCCNCC(C(C)C)N1CCC(C)CC1. The monoisotopic (exact) mass is 226 g/mol. The predicted molar refractivity (Wildman–Crippen MR) is 71.8 cm³/mol. The Morgan fingerprint density at radius 2 is 1.88 bits per heavy atom. The molecule has 1 saturated heterocycles. The second kappa shape index (κ2) is 7.29. The molecule has 2 nitrogen and oxygen atoms in total. The zero-order valence-electron chi connectivity index (χ0n) is 11.6. The molecule has 1 atom stereocenters. The molecule has 1 heterocycles. The predicted octanol–water partition coefficient (Wildman–Crippen LogP) is 2.74. The highest BCUT2D eigenvalue weighted by Gasteiger charge is 2.24. The Balaban J connectivity index is 2.37. The third kappa shape index (κ3) is 4.42. The van der Waals surface area contributed by atoms with Gasteiger partial charge in [-0.2, -0.15) is 0 Å². The van der Waals surface area contributed by atoms with E-state index in [9.17, 15) is 0 Å². The fraction of sp³-hybridized carbons (Fsp3) is 1.00. The van der Waals surface area contributed by atoms with Gasteiger partial charge in [0.1, 0.15) is 0 Å². The molecular weight excluding hydrogens is 196 g/mol. The van der Waals surface area contributed by atoms with Crippen molar-refractivity contribution in [2.45, 2.75) is 53.0 Å². The molecule has 0 aromatic rings. The van der Waals surface area contributed by atoms with E-state index in [1.54, 1.807) is 0 Å². The number of likely N-dealkylation sites (tertiary alicyclic amines) is 1. The van der Waals surface area contributed by atoms with Crippen molar-refractivity contribution < 1.29 is 0 Å². The van der Waals surface area contributed by atoms with Gasteiger partial charge in [-0.25, -0.2) is 0 Å². The van der Waals surface area contributed by atoms with E-state index in [0.717, 1.165) is 24.4 Å². The van der Waals surface area contributed by atoms with Crippen molar-refractivity contribution in [2.24, 2.45) is 11.8 Å². The summed E-state index contributed by atoms with van der Waals surface area (Å²) in [5.74, 6) is 1.70. The van der Waals surface area contributed by atoms with E-state index in [1.165, 1.54) is 38.9 Å². The summed E-state index contributed by atoms with van der Waals surface area (Å²) in [6, 6.07) is 0.735. The fourth-order valence-corrected chi connectivity index (χ4v) is 2.57. The molecular formula is C14H30N2. The van der Waals surface area contributed by atoms with Crippen molar-refractivity contribution in [1.82, 2.24) is 10.2 Å². The number of nitrogens with one attached hydrogen (secondary N) is 1. The number of rotatable bonds is 6. The van der Waals surface area contributed by atoms with Crippen LogP contribution in [0.15, 0.2) is 0 Å². The maximum absolute atomic E-state index is 3.58. The highest BCUT2D eigenvalue weighted by molar-refractivity contribution is 4.80. The van der Waals surface area contributed by atoms with Gasteiger partial charge in [0.15, 0.2) is 0 Å². The first-order chi connectivity index (χ1) is 7.65. The highest BCUT2D eigenvalue weighted by atomic mass is 15.2. The molecule has 0 radical (unpaired) electrons. The summed E-state index contributed by atoms with van der Waals surface area (Å²) in [5.41, 5.74) is 0. The van der Waals surface area contributed by atoms with E-state index in [0.29, 0.717) is 0 Å². The third-order valence-electron chi connectivity index (χ3n) is 3.84. The Kier molecular flexibility index (Phi) is 6.37. The van der Waals surface area contributed by atoms with E-state index in [-0.39, 0.29) is 0 Å². The number of hydrogen-bond donors (Lipinski definition) is 1. The third-order valence-corrected chi connectivity index (χ3v) is 3.84. The summed E-state index contributed by atoms with van der Waals surface area (Å²) in [6.45, 7) is 14.3. The first-order valence-corrected chi connectivity index (χ1v) is 7.09. The van der Waals surface area contributed by atoms with Gasteiger partial charge in [0.05, 0.1) is 0 Å². The quantitative estimate of drug-likeness (QED) is 0.701. The topological polar surface area (TPSA) is 15.3 Å². The largest absolute Gasteiger partial charge is 0.315 e. The standard InChI is InChI=1S/C14H30N2/c1-5-8-15-11-14(12(2)3)16-9-6-13(4)7-10-16/h12-15H,5-11H2,1-4H3. The Bertz CT molecular complexity index is 172. The maximum Gasteiger partial charge on any atom is 0.0243 e. The van der Waals surface area contributed by atoms with Crippen molar-refractivity contribution in [1.29, 1.82) is 0 Å². The van der Waals surface area contributed by atoms with Crippen LogP contribution in [0.4, 0.5) is 0 Å². The van der Waals surface area contributed by atoms with Gasteiger partial charge in [-0.3, -0.25) is 4.90 Å². The molecule has 0 aromatic carbocycles. The normalized spacial score (nSPS) is 21.6. The van der Waals surface area contributed by atoms with Gasteiger partial charge in [-0.15, -0.1) is 0 Å². The van der Waals surface area contributed by atoms with Crippen LogP contribution >= 0.6 is 0 Å². The number of hydrogen-bond acceptors (Lipinski definition) is 2. The van der Waals surface area contributed by atoms with E-state index in [2.05, 4.69) is 37.9 Å². The molecule has 1 aliphatic rings. The lowest BCUT2D eigenvalue weighted by atomic mass is 9.94. The zero-order valence-corrected chi connectivity index (χ0v) is 11.6. The van der Waals surface area contributed by atoms with E-state index in [1.807, 2.05) is 0 Å². The van der Waals surface area contributed by atoms with Gasteiger partial charge in [0.25, 0.3) is 0 Å². The van der Waals surface area contributed by atoms with Crippen molar-refractivity contribution in [3.05, 3.63) is 0 Å². The van der Waals surface area contributed by atoms with Crippen molar-refractivity contribution in [2.75, 3.05) is 26.2 Å². The minimum atomic E-state index is 0.735. The van der Waals surface area contributed by atoms with Gasteiger partial charge in [-0.1, -0.05) is 27.7 Å². The Morgan fingerprint density at radius 1 is 1.25 bits per heavy atom. The molecule has 0 aromatic heterocycles. The molecule has 1 unspecified atom stereocenters. The highest BCUT2D eigenvalue weighted by Crippen LogP contribution is 2.20. The Labute approximate surface area is 102 Å². The van der Waals surface area contributed by atoms with Crippen LogP contribution in [-0.4, -0.2) is 37.1 Å². The molecule has 96 valence electrons. The number of piperidine rings is 1. The van der Waals surface area contributed by atoms with Crippen LogP contribution in [0.3, 0.4) is 0 Å². The summed E-state index contributed by atoms with van der Waals surface area (Å²) < 4.78 is 0.